The van der Waals surface area contributed by atoms with Crippen molar-refractivity contribution in [2.24, 2.45) is 0 Å². The van der Waals surface area contributed by atoms with E-state index in [2.05, 4.69) is 15.3 Å². The number of hydrogen-bond acceptors (Lipinski definition) is 4. The molecule has 0 spiro atoms. The first-order valence-corrected chi connectivity index (χ1v) is 9.29. The van der Waals surface area contributed by atoms with Crippen molar-refractivity contribution in [3.63, 3.8) is 0 Å². The van der Waals surface area contributed by atoms with E-state index in [1.54, 1.807) is 0 Å². The summed E-state index contributed by atoms with van der Waals surface area (Å²) in [6.45, 7) is 4.02. The molecular weight excluding hydrogens is 378 g/mol. The summed E-state index contributed by atoms with van der Waals surface area (Å²) in [6.07, 6.45) is 2.75. The Morgan fingerprint density at radius 1 is 1.14 bits per heavy atom. The fourth-order valence-corrected chi connectivity index (χ4v) is 3.21. The molecule has 1 fully saturated rings. The number of halogens is 2. The molecule has 1 saturated heterocycles. The molecule has 1 aliphatic heterocycles. The third-order valence-electron chi connectivity index (χ3n) is 4.70. The van der Waals surface area contributed by atoms with Crippen LogP contribution < -0.4 is 5.32 Å². The summed E-state index contributed by atoms with van der Waals surface area (Å²) in [6, 6.07) is 10.8. The molecule has 6 nitrogen and oxygen atoms in total. The maximum absolute atomic E-state index is 13.9. The zero-order valence-electron chi connectivity index (χ0n) is 15.6. The molecule has 1 amide bonds. The maximum atomic E-state index is 13.9. The van der Waals surface area contributed by atoms with Gasteiger partial charge in [0.25, 0.3) is 5.91 Å². The van der Waals surface area contributed by atoms with Crippen LogP contribution in [-0.4, -0.2) is 46.9 Å². The summed E-state index contributed by atoms with van der Waals surface area (Å²) in [5, 5.41) is 6.84. The summed E-state index contributed by atoms with van der Waals surface area (Å²) in [7, 11) is 0. The number of hydrogen-bond donors (Lipinski definition) is 1. The fourth-order valence-electron chi connectivity index (χ4n) is 3.21. The monoisotopic (exact) mass is 398 g/mol. The summed E-state index contributed by atoms with van der Waals surface area (Å²) < 4.78 is 33.6. The third kappa shape index (κ3) is 4.67. The maximum Gasteiger partial charge on any atom is 0.258 e. The van der Waals surface area contributed by atoms with Gasteiger partial charge in [-0.25, -0.2) is 13.5 Å². The number of carbonyl (C=O) groups is 1. The molecule has 0 bridgehead atoms. The zero-order valence-corrected chi connectivity index (χ0v) is 15.6. The van der Waals surface area contributed by atoms with E-state index in [9.17, 15) is 13.6 Å². The first kappa shape index (κ1) is 19.2. The lowest BCUT2D eigenvalue weighted by Gasteiger charge is -2.26. The molecule has 1 aromatic heterocycles. The molecular formula is C21H20F2N4O2. The van der Waals surface area contributed by atoms with Crippen LogP contribution in [0.25, 0.3) is 5.69 Å². The van der Waals surface area contributed by atoms with E-state index in [1.165, 1.54) is 23.1 Å². The van der Waals surface area contributed by atoms with E-state index in [1.807, 2.05) is 24.3 Å². The van der Waals surface area contributed by atoms with Gasteiger partial charge in [-0.05, 0) is 29.8 Å². The molecule has 150 valence electrons. The highest BCUT2D eigenvalue weighted by Gasteiger charge is 2.14. The molecule has 0 aliphatic carbocycles. The van der Waals surface area contributed by atoms with E-state index in [0.717, 1.165) is 50.5 Å². The summed E-state index contributed by atoms with van der Waals surface area (Å²) >= 11 is 0. The van der Waals surface area contributed by atoms with Crippen molar-refractivity contribution in [1.82, 2.24) is 14.7 Å². The minimum Gasteiger partial charge on any atom is -0.379 e. The SMILES string of the molecule is O=C(Nc1cccc(CN2CCOCC2)c1)c1cnn(-c2ccc(F)cc2F)c1. The van der Waals surface area contributed by atoms with Crippen molar-refractivity contribution in [1.29, 1.82) is 0 Å². The van der Waals surface area contributed by atoms with E-state index in [4.69, 9.17) is 4.74 Å². The van der Waals surface area contributed by atoms with Gasteiger partial charge >= 0.3 is 0 Å². The average Bonchev–Trinajstić information content (AvgIpc) is 3.19. The lowest BCUT2D eigenvalue weighted by Crippen LogP contribution is -2.35. The van der Waals surface area contributed by atoms with Gasteiger partial charge in [-0.3, -0.25) is 9.69 Å². The van der Waals surface area contributed by atoms with Crippen LogP contribution in [0.5, 0.6) is 0 Å². The number of nitrogens with zero attached hydrogens (tertiary/aromatic N) is 3. The highest BCUT2D eigenvalue weighted by atomic mass is 19.1. The van der Waals surface area contributed by atoms with Crippen LogP contribution in [0.15, 0.2) is 54.9 Å². The molecule has 1 N–H and O–H groups in total. The Bertz CT molecular complexity index is 1020. The van der Waals surface area contributed by atoms with Crippen LogP contribution in [0.3, 0.4) is 0 Å². The van der Waals surface area contributed by atoms with E-state index in [-0.39, 0.29) is 17.2 Å². The van der Waals surface area contributed by atoms with Crippen LogP contribution in [0.4, 0.5) is 14.5 Å². The van der Waals surface area contributed by atoms with Gasteiger partial charge in [-0.15, -0.1) is 0 Å². The molecule has 29 heavy (non-hydrogen) atoms. The van der Waals surface area contributed by atoms with Crippen LogP contribution in [-0.2, 0) is 11.3 Å². The number of aromatic nitrogens is 2. The Kier molecular flexibility index (Phi) is 5.64. The molecule has 0 radical (unpaired) electrons. The third-order valence-corrected chi connectivity index (χ3v) is 4.70. The summed E-state index contributed by atoms with van der Waals surface area (Å²) in [5.41, 5.74) is 2.10. The molecule has 2 aromatic carbocycles. The first-order valence-electron chi connectivity index (χ1n) is 9.29. The fraction of sp³-hybridized carbons (Fsp3) is 0.238. The van der Waals surface area contributed by atoms with Crippen LogP contribution in [0.2, 0.25) is 0 Å². The Morgan fingerprint density at radius 2 is 1.97 bits per heavy atom. The van der Waals surface area contributed by atoms with Crippen molar-refractivity contribution in [3.8, 4) is 5.69 Å². The number of nitrogens with one attached hydrogen (secondary N) is 1. The van der Waals surface area contributed by atoms with E-state index in [0.29, 0.717) is 5.69 Å². The molecule has 0 saturated carbocycles. The standard InChI is InChI=1S/C21H20F2N4O2/c22-17-4-5-20(19(23)11-17)27-14-16(12-24-27)21(28)25-18-3-1-2-15(10-18)13-26-6-8-29-9-7-26/h1-5,10-12,14H,6-9,13H2,(H,25,28). The van der Waals surface area contributed by atoms with Gasteiger partial charge in [0.2, 0.25) is 0 Å². The minimum atomic E-state index is -0.754. The second-order valence-electron chi connectivity index (χ2n) is 6.81. The normalized spacial score (nSPS) is 14.7. The highest BCUT2D eigenvalue weighted by Crippen LogP contribution is 2.17. The number of morpholine rings is 1. The van der Waals surface area contributed by atoms with Gasteiger partial charge in [-0.1, -0.05) is 12.1 Å². The minimum absolute atomic E-state index is 0.0676. The van der Waals surface area contributed by atoms with Crippen molar-refractivity contribution in [2.75, 3.05) is 31.6 Å². The smallest absolute Gasteiger partial charge is 0.258 e. The predicted molar refractivity (Wildman–Crippen MR) is 104 cm³/mol. The molecule has 0 atom stereocenters. The molecule has 8 heteroatoms. The molecule has 3 aromatic rings. The number of benzene rings is 2. The molecule has 4 rings (SSSR count). The van der Waals surface area contributed by atoms with Crippen LogP contribution in [0, 0.1) is 11.6 Å². The Labute approximate surface area is 166 Å². The van der Waals surface area contributed by atoms with E-state index < -0.39 is 11.6 Å². The quantitative estimate of drug-likeness (QED) is 0.717. The molecule has 2 heterocycles. The largest absolute Gasteiger partial charge is 0.379 e. The van der Waals surface area contributed by atoms with Crippen molar-refractivity contribution < 1.29 is 18.3 Å². The zero-order chi connectivity index (χ0) is 20.2. The van der Waals surface area contributed by atoms with Crippen molar-refractivity contribution in [3.05, 3.63) is 77.6 Å². The number of rotatable bonds is 5. The van der Waals surface area contributed by atoms with Crippen molar-refractivity contribution in [2.45, 2.75) is 6.54 Å². The summed E-state index contributed by atoms with van der Waals surface area (Å²) in [5.74, 6) is -1.79. The van der Waals surface area contributed by atoms with Gasteiger partial charge in [0.1, 0.15) is 11.5 Å². The predicted octanol–water partition coefficient (Wildman–Crippen LogP) is 3.24. The second-order valence-corrected chi connectivity index (χ2v) is 6.81. The number of anilines is 1. The van der Waals surface area contributed by atoms with Crippen molar-refractivity contribution >= 4 is 11.6 Å². The summed E-state index contributed by atoms with van der Waals surface area (Å²) in [4.78, 5) is 14.9. The van der Waals surface area contributed by atoms with Gasteiger partial charge in [-0.2, -0.15) is 5.10 Å². The number of ether oxygens (including phenoxy) is 1. The Morgan fingerprint density at radius 3 is 2.76 bits per heavy atom. The lowest BCUT2D eigenvalue weighted by molar-refractivity contribution is 0.0342. The number of carbonyl (C=O) groups excluding carboxylic acids is 1. The van der Waals surface area contributed by atoms with E-state index >= 15 is 0 Å². The number of amides is 1. The van der Waals surface area contributed by atoms with Gasteiger partial charge in [0, 0.05) is 37.6 Å². The van der Waals surface area contributed by atoms with Gasteiger partial charge in [0.05, 0.1) is 25.0 Å². The Balaban J connectivity index is 1.44. The van der Waals surface area contributed by atoms with Gasteiger partial charge in [0.15, 0.2) is 5.82 Å². The molecule has 0 unspecified atom stereocenters. The highest BCUT2D eigenvalue weighted by molar-refractivity contribution is 6.04. The topological polar surface area (TPSA) is 59.4 Å². The average molecular weight is 398 g/mol. The lowest BCUT2D eigenvalue weighted by atomic mass is 10.1. The second kappa shape index (κ2) is 8.50. The van der Waals surface area contributed by atoms with Gasteiger partial charge < -0.3 is 10.1 Å². The molecule has 1 aliphatic rings. The Hall–Kier alpha value is -3.10. The van der Waals surface area contributed by atoms with Crippen LogP contribution >= 0.6 is 0 Å². The van der Waals surface area contributed by atoms with Crippen LogP contribution in [0.1, 0.15) is 15.9 Å². The first-order chi connectivity index (χ1) is 14.1.